The second-order valence-electron chi connectivity index (χ2n) is 8.24. The predicted octanol–water partition coefficient (Wildman–Crippen LogP) is -6.54. The highest BCUT2D eigenvalue weighted by molar-refractivity contribution is 4.95. The highest BCUT2D eigenvalue weighted by Gasteiger charge is 2.52. The molecule has 0 unspecified atom stereocenters. The molecule has 0 spiro atoms. The normalized spacial score (nSPS) is 51.5. The molecule has 0 radical (unpaired) electrons. The molecule has 3 fully saturated rings. The molecule has 3 heterocycles. The van der Waals surface area contributed by atoms with Crippen molar-refractivity contribution >= 4 is 0 Å². The van der Waals surface area contributed by atoms with E-state index in [1.54, 1.807) is 0 Å². The second kappa shape index (κ2) is 11.4. The third-order valence-electron chi connectivity index (χ3n) is 5.95. The molecule has 0 aliphatic carbocycles. The van der Waals surface area contributed by atoms with Crippen LogP contribution in [0.25, 0.3) is 0 Å². The number of aliphatic hydroxyl groups excluding tert-OH is 10. The number of rotatable bonds is 7. The van der Waals surface area contributed by atoms with E-state index in [4.69, 9.17) is 23.7 Å². The maximum absolute atomic E-state index is 10.7. The molecule has 3 rings (SSSR count). The van der Waals surface area contributed by atoms with Crippen LogP contribution in [0.15, 0.2) is 0 Å². The van der Waals surface area contributed by atoms with Crippen LogP contribution < -0.4 is 0 Å². The van der Waals surface area contributed by atoms with Crippen molar-refractivity contribution in [2.24, 2.45) is 0 Å². The summed E-state index contributed by atoms with van der Waals surface area (Å²) in [6.45, 7) is -2.01. The van der Waals surface area contributed by atoms with E-state index in [9.17, 15) is 51.1 Å². The molecular weight excluding hydrogens is 456 g/mol. The average Bonchev–Trinajstić information content (AvgIpc) is 2.80. The van der Waals surface area contributed by atoms with Gasteiger partial charge in [-0.3, -0.25) is 0 Å². The number of ether oxygens (including phenoxy) is 5. The predicted molar refractivity (Wildman–Crippen MR) is 99.9 cm³/mol. The lowest BCUT2D eigenvalue weighted by Gasteiger charge is -2.47. The highest BCUT2D eigenvalue weighted by Crippen LogP contribution is 2.32. The Kier molecular flexibility index (Phi) is 9.35. The van der Waals surface area contributed by atoms with Gasteiger partial charge < -0.3 is 74.7 Å². The summed E-state index contributed by atoms with van der Waals surface area (Å²) in [6.07, 6.45) is -21.9. The monoisotopic (exact) mass is 488 g/mol. The smallest absolute Gasteiger partial charge is 0.187 e. The Bertz CT molecular complexity index is 609. The SMILES string of the molecule is OC[C@@H]1C[C@H](O)[C@@H](O)[C@@H](O[C@H]2[C@@H](O)[C@@H](CO)O[C@@H](O[C@H]3[C@H](O)[C@@H](O)[C@H](O)O[C@@H]3CO)[C@@H]2O)O1. The summed E-state index contributed by atoms with van der Waals surface area (Å²) in [5.41, 5.74) is 0. The van der Waals surface area contributed by atoms with Gasteiger partial charge >= 0.3 is 0 Å². The van der Waals surface area contributed by atoms with Gasteiger partial charge in [-0.1, -0.05) is 0 Å². The summed E-state index contributed by atoms with van der Waals surface area (Å²) in [5.74, 6) is 0. The topological polar surface area (TPSA) is 248 Å². The van der Waals surface area contributed by atoms with Gasteiger partial charge in [0, 0.05) is 6.42 Å². The summed E-state index contributed by atoms with van der Waals surface area (Å²) in [6, 6.07) is 0. The van der Waals surface area contributed by atoms with Crippen LogP contribution in [-0.2, 0) is 23.7 Å². The van der Waals surface area contributed by atoms with Gasteiger partial charge in [0.1, 0.15) is 54.9 Å². The van der Waals surface area contributed by atoms with Gasteiger partial charge in [-0.2, -0.15) is 0 Å². The first-order valence-corrected chi connectivity index (χ1v) is 10.5. The van der Waals surface area contributed by atoms with Crippen LogP contribution in [-0.4, -0.2) is 157 Å². The Morgan fingerprint density at radius 3 is 1.79 bits per heavy atom. The molecule has 0 aromatic heterocycles. The Hall–Kier alpha value is -0.600. The summed E-state index contributed by atoms with van der Waals surface area (Å²) >= 11 is 0. The van der Waals surface area contributed by atoms with Gasteiger partial charge in [-0.25, -0.2) is 0 Å². The first-order chi connectivity index (χ1) is 15.6. The van der Waals surface area contributed by atoms with Crippen LogP contribution in [0.4, 0.5) is 0 Å². The lowest BCUT2D eigenvalue weighted by atomic mass is 9.96. The van der Waals surface area contributed by atoms with Gasteiger partial charge in [0.05, 0.1) is 32.0 Å². The molecule has 0 aromatic rings. The second-order valence-corrected chi connectivity index (χ2v) is 8.24. The zero-order chi connectivity index (χ0) is 24.4. The van der Waals surface area contributed by atoms with Gasteiger partial charge in [0.15, 0.2) is 18.9 Å². The first kappa shape index (κ1) is 27.0. The summed E-state index contributed by atoms with van der Waals surface area (Å²) in [5, 5.41) is 99.5. The minimum absolute atomic E-state index is 0.0856. The molecule has 10 N–H and O–H groups in total. The van der Waals surface area contributed by atoms with Crippen LogP contribution in [0.5, 0.6) is 0 Å². The standard InChI is InChI=1S/C18H32O15/c19-2-5-1-6(22)9(23)17(29-5)33-15-10(24)7(3-20)31-18(13(15)27)32-14-8(4-21)30-16(28)12(26)11(14)25/h5-28H,1-4H2/t5-,6-,7+,8+,9+,10-,11+,12+,13+,14+,15-,16+,17+,18-/m0/s1. The van der Waals surface area contributed by atoms with Gasteiger partial charge in [-0.15, -0.1) is 0 Å². The fourth-order valence-corrected chi connectivity index (χ4v) is 4.02. The Labute approximate surface area is 187 Å². The zero-order valence-electron chi connectivity index (χ0n) is 17.4. The summed E-state index contributed by atoms with van der Waals surface area (Å²) in [7, 11) is 0. The van der Waals surface area contributed by atoms with Gasteiger partial charge in [-0.05, 0) is 0 Å². The van der Waals surface area contributed by atoms with E-state index in [-0.39, 0.29) is 6.42 Å². The molecule has 3 aliphatic rings. The third kappa shape index (κ3) is 5.64. The van der Waals surface area contributed by atoms with Crippen molar-refractivity contribution in [3.05, 3.63) is 0 Å². The maximum atomic E-state index is 10.7. The minimum Gasteiger partial charge on any atom is -0.394 e. The molecule has 0 amide bonds. The largest absolute Gasteiger partial charge is 0.394 e. The number of hydrogen-bond acceptors (Lipinski definition) is 15. The van der Waals surface area contributed by atoms with Crippen molar-refractivity contribution in [3.8, 4) is 0 Å². The van der Waals surface area contributed by atoms with Crippen molar-refractivity contribution in [2.75, 3.05) is 19.8 Å². The van der Waals surface area contributed by atoms with Gasteiger partial charge in [0.25, 0.3) is 0 Å². The molecule has 0 saturated carbocycles. The number of hydrogen-bond donors (Lipinski definition) is 10. The van der Waals surface area contributed by atoms with E-state index in [1.165, 1.54) is 0 Å². The van der Waals surface area contributed by atoms with Crippen LogP contribution >= 0.6 is 0 Å². The van der Waals surface area contributed by atoms with Crippen molar-refractivity contribution in [1.29, 1.82) is 0 Å². The van der Waals surface area contributed by atoms with E-state index >= 15 is 0 Å². The average molecular weight is 488 g/mol. The Morgan fingerprint density at radius 2 is 1.18 bits per heavy atom. The molecule has 0 bridgehead atoms. The van der Waals surface area contributed by atoms with Crippen LogP contribution in [0.3, 0.4) is 0 Å². The van der Waals surface area contributed by atoms with Crippen molar-refractivity contribution in [3.63, 3.8) is 0 Å². The van der Waals surface area contributed by atoms with E-state index in [1.807, 2.05) is 0 Å². The van der Waals surface area contributed by atoms with Crippen LogP contribution in [0, 0.1) is 0 Å². The van der Waals surface area contributed by atoms with Crippen LogP contribution in [0.1, 0.15) is 6.42 Å². The third-order valence-corrected chi connectivity index (χ3v) is 5.95. The molecule has 194 valence electrons. The van der Waals surface area contributed by atoms with E-state index in [0.29, 0.717) is 0 Å². The highest BCUT2D eigenvalue weighted by atomic mass is 16.7. The molecule has 3 aliphatic heterocycles. The lowest BCUT2D eigenvalue weighted by molar-refractivity contribution is -0.374. The van der Waals surface area contributed by atoms with Crippen LogP contribution in [0.2, 0.25) is 0 Å². The minimum atomic E-state index is -1.83. The molecule has 0 aromatic carbocycles. The van der Waals surface area contributed by atoms with Crippen molar-refractivity contribution < 1.29 is 74.7 Å². The molecule has 15 heteroatoms. The Balaban J connectivity index is 1.77. The molecule has 14 atom stereocenters. The molecular formula is C18H32O15. The van der Waals surface area contributed by atoms with E-state index in [2.05, 4.69) is 0 Å². The van der Waals surface area contributed by atoms with Crippen molar-refractivity contribution in [2.45, 2.75) is 92.4 Å². The maximum Gasteiger partial charge on any atom is 0.187 e. The lowest BCUT2D eigenvalue weighted by Crippen LogP contribution is -2.66. The molecule has 3 saturated heterocycles. The van der Waals surface area contributed by atoms with Crippen molar-refractivity contribution in [1.82, 2.24) is 0 Å². The molecule has 15 nitrogen and oxygen atoms in total. The fraction of sp³-hybridized carbons (Fsp3) is 1.00. The quantitative estimate of drug-likeness (QED) is 0.160. The van der Waals surface area contributed by atoms with Gasteiger partial charge in [0.2, 0.25) is 0 Å². The van der Waals surface area contributed by atoms with E-state index in [0.717, 1.165) is 0 Å². The molecule has 33 heavy (non-hydrogen) atoms. The fourth-order valence-electron chi connectivity index (χ4n) is 4.02. The number of aliphatic hydroxyl groups is 10. The zero-order valence-corrected chi connectivity index (χ0v) is 17.4. The summed E-state index contributed by atoms with van der Waals surface area (Å²) in [4.78, 5) is 0. The first-order valence-electron chi connectivity index (χ1n) is 10.5. The summed E-state index contributed by atoms with van der Waals surface area (Å²) < 4.78 is 26.7. The Morgan fingerprint density at radius 1 is 0.576 bits per heavy atom. The van der Waals surface area contributed by atoms with E-state index < -0.39 is 106 Å².